The number of piperazine rings is 1. The van der Waals surface area contributed by atoms with Gasteiger partial charge in [0.15, 0.2) is 5.11 Å². The molecule has 1 unspecified atom stereocenters. The van der Waals surface area contributed by atoms with Gasteiger partial charge < -0.3 is 15.1 Å². The van der Waals surface area contributed by atoms with Crippen LogP contribution in [0, 0.1) is 0 Å². The summed E-state index contributed by atoms with van der Waals surface area (Å²) in [5.41, 5.74) is 2.34. The van der Waals surface area contributed by atoms with Crippen LogP contribution >= 0.6 is 28.1 Å². The summed E-state index contributed by atoms with van der Waals surface area (Å²) < 4.78 is 1.05. The molecule has 2 atom stereocenters. The average molecular weight is 391 g/mol. The van der Waals surface area contributed by atoms with Crippen molar-refractivity contribution in [1.29, 1.82) is 0 Å². The van der Waals surface area contributed by atoms with Crippen LogP contribution < -0.4 is 10.2 Å². The molecule has 0 aliphatic carbocycles. The van der Waals surface area contributed by atoms with Gasteiger partial charge in [0.2, 0.25) is 0 Å². The van der Waals surface area contributed by atoms with Gasteiger partial charge in [0.1, 0.15) is 12.6 Å². The van der Waals surface area contributed by atoms with Crippen molar-refractivity contribution in [1.82, 2.24) is 4.90 Å². The first-order chi connectivity index (χ1) is 11.1. The molecule has 3 nitrogen and oxygen atoms in total. The van der Waals surface area contributed by atoms with E-state index in [1.54, 1.807) is 4.90 Å². The highest BCUT2D eigenvalue weighted by Gasteiger charge is 2.30. The smallest absolute Gasteiger partial charge is 0.174 e. The van der Waals surface area contributed by atoms with Crippen molar-refractivity contribution in [2.24, 2.45) is 0 Å². The minimum Gasteiger partial charge on any atom is -0.334 e. The Kier molecular flexibility index (Phi) is 5.30. The number of nitrogens with zero attached hydrogens (tertiary/aromatic N) is 1. The molecule has 0 amide bonds. The topological polar surface area (TPSA) is 19.7 Å². The molecule has 1 saturated heterocycles. The quantitative estimate of drug-likeness (QED) is 0.769. The van der Waals surface area contributed by atoms with E-state index in [2.05, 4.69) is 63.5 Å². The van der Waals surface area contributed by atoms with E-state index in [1.807, 2.05) is 24.3 Å². The fraction of sp³-hybridized carbons (Fsp3) is 0.278. The van der Waals surface area contributed by atoms with Crippen LogP contribution in [0.25, 0.3) is 0 Å². The van der Waals surface area contributed by atoms with Gasteiger partial charge in [-0.3, -0.25) is 0 Å². The maximum atomic E-state index is 5.71. The Labute approximate surface area is 151 Å². The zero-order valence-corrected chi connectivity index (χ0v) is 15.5. The van der Waals surface area contributed by atoms with E-state index in [0.29, 0.717) is 6.04 Å². The molecule has 120 valence electrons. The summed E-state index contributed by atoms with van der Waals surface area (Å²) in [6, 6.07) is 19.1. The zero-order chi connectivity index (χ0) is 16.2. The van der Waals surface area contributed by atoms with E-state index in [1.165, 1.54) is 5.56 Å². The standard InChI is InChI=1S/C18H20BrN3S/c1-21-10-11-22(17(13-21)14-6-3-2-4-7-14)18(23)20-16-9-5-8-15(19)12-16/h2-9,12,17H,10-11,13H2,1H3,(H,20,23)/p+1/t17-/m1/s1. The van der Waals surface area contributed by atoms with E-state index in [-0.39, 0.29) is 0 Å². The number of benzene rings is 2. The Morgan fingerprint density at radius 3 is 2.74 bits per heavy atom. The van der Waals surface area contributed by atoms with Crippen LogP contribution in [0.1, 0.15) is 11.6 Å². The molecule has 2 aromatic carbocycles. The van der Waals surface area contributed by atoms with Crippen LogP contribution in [0.5, 0.6) is 0 Å². The Morgan fingerprint density at radius 1 is 1.22 bits per heavy atom. The normalized spacial score (nSPS) is 21.0. The Morgan fingerprint density at radius 2 is 2.00 bits per heavy atom. The third kappa shape index (κ3) is 4.10. The maximum Gasteiger partial charge on any atom is 0.174 e. The molecule has 1 fully saturated rings. The van der Waals surface area contributed by atoms with Crippen LogP contribution in [0.2, 0.25) is 0 Å². The predicted molar refractivity (Wildman–Crippen MR) is 103 cm³/mol. The van der Waals surface area contributed by atoms with Crippen molar-refractivity contribution >= 4 is 38.9 Å². The highest BCUT2D eigenvalue weighted by atomic mass is 79.9. The van der Waals surface area contributed by atoms with Gasteiger partial charge >= 0.3 is 0 Å². The summed E-state index contributed by atoms with van der Waals surface area (Å²) in [6.07, 6.45) is 0. The molecule has 0 bridgehead atoms. The Hall–Kier alpha value is -1.43. The monoisotopic (exact) mass is 390 g/mol. The largest absolute Gasteiger partial charge is 0.334 e. The van der Waals surface area contributed by atoms with Gasteiger partial charge in [-0.05, 0) is 36.0 Å². The molecule has 0 radical (unpaired) electrons. The molecule has 1 aliphatic heterocycles. The summed E-state index contributed by atoms with van der Waals surface area (Å²) in [4.78, 5) is 3.86. The summed E-state index contributed by atoms with van der Waals surface area (Å²) in [6.45, 7) is 3.12. The molecule has 0 saturated carbocycles. The maximum absolute atomic E-state index is 5.71. The van der Waals surface area contributed by atoms with Crippen LogP contribution in [0.3, 0.4) is 0 Å². The molecule has 1 heterocycles. The van der Waals surface area contributed by atoms with Gasteiger partial charge in [0.05, 0.1) is 20.1 Å². The lowest BCUT2D eigenvalue weighted by molar-refractivity contribution is -0.887. The number of anilines is 1. The number of likely N-dealkylation sites (N-methyl/N-ethyl adjacent to an activating group) is 1. The molecule has 2 aromatic rings. The number of halogens is 1. The van der Waals surface area contributed by atoms with Gasteiger partial charge in [-0.1, -0.05) is 52.3 Å². The number of rotatable bonds is 2. The van der Waals surface area contributed by atoms with Crippen LogP contribution in [0.15, 0.2) is 59.1 Å². The number of thiocarbonyl (C=S) groups is 1. The van der Waals surface area contributed by atoms with Gasteiger partial charge in [-0.25, -0.2) is 0 Å². The third-order valence-corrected chi connectivity index (χ3v) is 5.05. The second-order valence-corrected chi connectivity index (χ2v) is 7.27. The van der Waals surface area contributed by atoms with Gasteiger partial charge in [-0.15, -0.1) is 0 Å². The van der Waals surface area contributed by atoms with Crippen molar-refractivity contribution in [3.05, 3.63) is 64.6 Å². The number of hydrogen-bond acceptors (Lipinski definition) is 1. The molecule has 23 heavy (non-hydrogen) atoms. The highest BCUT2D eigenvalue weighted by molar-refractivity contribution is 9.10. The number of nitrogens with one attached hydrogen (secondary N) is 2. The van der Waals surface area contributed by atoms with Crippen LogP contribution in [0.4, 0.5) is 5.69 Å². The van der Waals surface area contributed by atoms with Crippen LogP contribution in [-0.4, -0.2) is 36.7 Å². The number of quaternary nitrogens is 1. The molecular formula is C18H21BrN3S+. The van der Waals surface area contributed by atoms with Crippen molar-refractivity contribution < 1.29 is 4.90 Å². The summed E-state index contributed by atoms with van der Waals surface area (Å²) in [7, 11) is 2.25. The second kappa shape index (κ2) is 7.43. The van der Waals surface area contributed by atoms with Crippen molar-refractivity contribution in [3.8, 4) is 0 Å². The predicted octanol–water partition coefficient (Wildman–Crippen LogP) is 2.72. The summed E-state index contributed by atoms with van der Waals surface area (Å²) in [5.74, 6) is 0. The van der Waals surface area contributed by atoms with E-state index in [0.717, 1.165) is 34.9 Å². The molecule has 2 N–H and O–H groups in total. The lowest BCUT2D eigenvalue weighted by Crippen LogP contribution is -3.12. The first kappa shape index (κ1) is 16.4. The first-order valence-corrected chi connectivity index (χ1v) is 9.03. The molecular weight excluding hydrogens is 370 g/mol. The summed E-state index contributed by atoms with van der Waals surface area (Å²) >= 11 is 9.21. The van der Waals surface area contributed by atoms with Crippen molar-refractivity contribution in [2.45, 2.75) is 6.04 Å². The second-order valence-electron chi connectivity index (χ2n) is 5.97. The first-order valence-electron chi connectivity index (χ1n) is 7.83. The fourth-order valence-corrected chi connectivity index (χ4v) is 3.72. The minimum atomic E-state index is 0.317. The molecule has 3 rings (SSSR count). The third-order valence-electron chi connectivity index (χ3n) is 4.22. The number of hydrogen-bond donors (Lipinski definition) is 2. The average Bonchev–Trinajstić information content (AvgIpc) is 2.55. The summed E-state index contributed by atoms with van der Waals surface area (Å²) in [5, 5.41) is 4.18. The SMILES string of the molecule is C[NH+]1CCN(C(=S)Nc2cccc(Br)c2)[C@@H](c2ccccc2)C1. The zero-order valence-electron chi connectivity index (χ0n) is 13.1. The van der Waals surface area contributed by atoms with Crippen LogP contribution in [-0.2, 0) is 0 Å². The lowest BCUT2D eigenvalue weighted by atomic mass is 10.0. The van der Waals surface area contributed by atoms with Gasteiger partial charge in [0.25, 0.3) is 0 Å². The molecule has 5 heteroatoms. The van der Waals surface area contributed by atoms with Crippen molar-refractivity contribution in [2.75, 3.05) is 32.0 Å². The van der Waals surface area contributed by atoms with E-state index in [9.17, 15) is 0 Å². The minimum absolute atomic E-state index is 0.317. The Balaban J connectivity index is 1.79. The van der Waals surface area contributed by atoms with Crippen molar-refractivity contribution in [3.63, 3.8) is 0 Å². The fourth-order valence-electron chi connectivity index (χ4n) is 2.99. The molecule has 0 spiro atoms. The lowest BCUT2D eigenvalue weighted by Gasteiger charge is -2.39. The molecule has 1 aliphatic rings. The Bertz CT molecular complexity index is 677. The van der Waals surface area contributed by atoms with E-state index >= 15 is 0 Å². The van der Waals surface area contributed by atoms with E-state index in [4.69, 9.17) is 12.2 Å². The molecule has 0 aromatic heterocycles. The van der Waals surface area contributed by atoms with E-state index < -0.39 is 0 Å². The highest BCUT2D eigenvalue weighted by Crippen LogP contribution is 2.23. The van der Waals surface area contributed by atoms with Gasteiger partial charge in [0, 0.05) is 10.2 Å². The van der Waals surface area contributed by atoms with Gasteiger partial charge in [-0.2, -0.15) is 0 Å².